The number of rotatable bonds is 3. The van der Waals surface area contributed by atoms with Crippen molar-refractivity contribution in [2.24, 2.45) is 0 Å². The van der Waals surface area contributed by atoms with Crippen LogP contribution >= 0.6 is 22.9 Å². The molecule has 0 aliphatic heterocycles. The van der Waals surface area contributed by atoms with Crippen molar-refractivity contribution in [3.63, 3.8) is 0 Å². The second-order valence-electron chi connectivity index (χ2n) is 5.64. The Kier molecular flexibility index (Phi) is 4.35. The van der Waals surface area contributed by atoms with Crippen molar-refractivity contribution in [3.8, 4) is 5.75 Å². The lowest BCUT2D eigenvalue weighted by Crippen LogP contribution is -2.10. The molecule has 2 rings (SSSR count). The van der Waals surface area contributed by atoms with Crippen LogP contribution in [0.15, 0.2) is 18.2 Å². The molecule has 0 atom stereocenters. The van der Waals surface area contributed by atoms with Crippen LogP contribution in [0.2, 0.25) is 5.02 Å². The number of thiazole rings is 1. The van der Waals surface area contributed by atoms with Crippen molar-refractivity contribution in [2.75, 3.05) is 0 Å². The highest BCUT2D eigenvalue weighted by molar-refractivity contribution is 7.11. The molecule has 0 spiro atoms. The first kappa shape index (κ1) is 15.3. The van der Waals surface area contributed by atoms with Crippen LogP contribution in [0.3, 0.4) is 0 Å². The van der Waals surface area contributed by atoms with Crippen LogP contribution in [0.4, 0.5) is 4.39 Å². The molecular weight excluding hydrogens is 297 g/mol. The minimum absolute atomic E-state index is 0.0394. The number of benzene rings is 1. The molecule has 2 aromatic rings. The van der Waals surface area contributed by atoms with Gasteiger partial charge in [0.2, 0.25) is 5.95 Å². The van der Waals surface area contributed by atoms with Crippen LogP contribution in [0.25, 0.3) is 0 Å². The zero-order chi connectivity index (χ0) is 14.9. The highest BCUT2D eigenvalue weighted by atomic mass is 35.5. The largest absolute Gasteiger partial charge is 0.485 e. The maximum Gasteiger partial charge on any atom is 0.226 e. The maximum absolute atomic E-state index is 13.1. The summed E-state index contributed by atoms with van der Waals surface area (Å²) in [5, 5.41) is 1.17. The molecule has 0 N–H and O–H groups in total. The Hall–Kier alpha value is -1.13. The molecule has 0 saturated heterocycles. The third-order valence-electron chi connectivity index (χ3n) is 2.93. The number of aromatic nitrogens is 1. The van der Waals surface area contributed by atoms with E-state index in [1.54, 1.807) is 6.92 Å². The minimum Gasteiger partial charge on any atom is -0.485 e. The van der Waals surface area contributed by atoms with Gasteiger partial charge in [-0.3, -0.25) is 0 Å². The lowest BCUT2D eigenvalue weighted by Gasteiger charge is -2.20. The summed E-state index contributed by atoms with van der Waals surface area (Å²) in [7, 11) is 0. The zero-order valence-corrected chi connectivity index (χ0v) is 13.5. The van der Waals surface area contributed by atoms with Crippen molar-refractivity contribution >= 4 is 22.9 Å². The highest BCUT2D eigenvalue weighted by Crippen LogP contribution is 2.31. The van der Waals surface area contributed by atoms with E-state index in [2.05, 4.69) is 25.8 Å². The molecule has 0 bridgehead atoms. The minimum atomic E-state index is -0.428. The van der Waals surface area contributed by atoms with Gasteiger partial charge in [-0.15, -0.1) is 11.3 Å². The van der Waals surface area contributed by atoms with Crippen LogP contribution in [0.1, 0.15) is 36.2 Å². The summed E-state index contributed by atoms with van der Waals surface area (Å²) in [6.45, 7) is 8.30. The Bertz CT molecular complexity index is 599. The third kappa shape index (κ3) is 3.49. The lowest BCUT2D eigenvalue weighted by molar-refractivity contribution is 0.304. The normalized spacial score (nSPS) is 11.7. The molecule has 108 valence electrons. The van der Waals surface area contributed by atoms with E-state index >= 15 is 0 Å². The predicted octanol–water partition coefficient (Wildman–Crippen LogP) is 5.12. The molecule has 0 saturated carbocycles. The number of ether oxygens (including phenoxy) is 1. The molecule has 20 heavy (non-hydrogen) atoms. The molecule has 2 nitrogen and oxygen atoms in total. The zero-order valence-electron chi connectivity index (χ0n) is 12.0. The van der Waals surface area contributed by atoms with Gasteiger partial charge in [-0.1, -0.05) is 38.4 Å². The molecule has 0 aliphatic carbocycles. The van der Waals surface area contributed by atoms with Crippen LogP contribution in [0, 0.1) is 12.9 Å². The number of hydrogen-bond donors (Lipinski definition) is 0. The average molecular weight is 314 g/mol. The predicted molar refractivity (Wildman–Crippen MR) is 81.3 cm³/mol. The fraction of sp³-hybridized carbons (Fsp3) is 0.400. The van der Waals surface area contributed by atoms with E-state index in [4.69, 9.17) is 16.3 Å². The number of aryl methyl sites for hydroxylation is 1. The molecule has 0 radical (unpaired) electrons. The van der Waals surface area contributed by atoms with Crippen molar-refractivity contribution in [1.82, 2.24) is 4.98 Å². The highest BCUT2D eigenvalue weighted by Gasteiger charge is 2.16. The smallest absolute Gasteiger partial charge is 0.226 e. The summed E-state index contributed by atoms with van der Waals surface area (Å²) >= 11 is 7.51. The van der Waals surface area contributed by atoms with Gasteiger partial charge in [0, 0.05) is 0 Å². The van der Waals surface area contributed by atoms with Gasteiger partial charge in [0.25, 0.3) is 0 Å². The van der Waals surface area contributed by atoms with Crippen molar-refractivity contribution < 1.29 is 9.13 Å². The molecule has 0 fully saturated rings. The summed E-state index contributed by atoms with van der Waals surface area (Å²) < 4.78 is 18.8. The lowest BCUT2D eigenvalue weighted by atomic mass is 9.87. The van der Waals surface area contributed by atoms with Crippen LogP contribution in [0.5, 0.6) is 5.75 Å². The average Bonchev–Trinajstić information content (AvgIpc) is 2.66. The standard InChI is InChI=1S/C15H17ClFNOS/c1-9-14(17)18-13(20-9)8-19-12-6-5-10(7-11(12)16)15(2,3)4/h5-7H,8H2,1-4H3. The Morgan fingerprint density at radius 1 is 1.35 bits per heavy atom. The van der Waals surface area contributed by atoms with Gasteiger partial charge in [-0.05, 0) is 30.0 Å². The number of halogens is 2. The van der Waals surface area contributed by atoms with Gasteiger partial charge >= 0.3 is 0 Å². The fourth-order valence-electron chi connectivity index (χ4n) is 1.72. The topological polar surface area (TPSA) is 22.1 Å². The molecule has 1 aromatic heterocycles. The summed E-state index contributed by atoms with van der Waals surface area (Å²) in [6, 6.07) is 5.75. The van der Waals surface area contributed by atoms with Gasteiger partial charge in [0.05, 0.1) is 9.90 Å². The maximum atomic E-state index is 13.1. The van der Waals surface area contributed by atoms with Gasteiger partial charge in [-0.25, -0.2) is 4.98 Å². The van der Waals surface area contributed by atoms with E-state index in [1.165, 1.54) is 11.3 Å². The molecule has 1 aromatic carbocycles. The Morgan fingerprint density at radius 3 is 2.55 bits per heavy atom. The monoisotopic (exact) mass is 313 g/mol. The van der Waals surface area contributed by atoms with Gasteiger partial charge in [0.1, 0.15) is 17.4 Å². The Labute approximate surface area is 127 Å². The fourth-order valence-corrected chi connectivity index (χ4v) is 2.68. The first-order valence-electron chi connectivity index (χ1n) is 6.32. The first-order valence-corrected chi connectivity index (χ1v) is 7.51. The molecule has 5 heteroatoms. The van der Waals surface area contributed by atoms with E-state index < -0.39 is 5.95 Å². The van der Waals surface area contributed by atoms with Crippen molar-refractivity contribution in [2.45, 2.75) is 39.7 Å². The SMILES string of the molecule is Cc1sc(COc2ccc(C(C)(C)C)cc2Cl)nc1F. The second kappa shape index (κ2) is 5.70. The van der Waals surface area contributed by atoms with E-state index in [0.717, 1.165) is 5.56 Å². The number of nitrogens with zero attached hydrogens (tertiary/aromatic N) is 1. The number of hydrogen-bond acceptors (Lipinski definition) is 3. The van der Waals surface area contributed by atoms with Gasteiger partial charge in [0.15, 0.2) is 0 Å². The summed E-state index contributed by atoms with van der Waals surface area (Å²) in [5.41, 5.74) is 1.18. The van der Waals surface area contributed by atoms with E-state index in [0.29, 0.717) is 20.7 Å². The first-order chi connectivity index (χ1) is 9.27. The second-order valence-corrected chi connectivity index (χ2v) is 7.33. The molecule has 1 heterocycles. The Balaban J connectivity index is 2.10. The van der Waals surface area contributed by atoms with E-state index in [1.807, 2.05) is 18.2 Å². The third-order valence-corrected chi connectivity index (χ3v) is 4.15. The summed E-state index contributed by atoms with van der Waals surface area (Å²) in [4.78, 5) is 4.36. The van der Waals surface area contributed by atoms with Crippen LogP contribution in [-0.2, 0) is 12.0 Å². The summed E-state index contributed by atoms with van der Waals surface area (Å²) in [6.07, 6.45) is 0. The van der Waals surface area contributed by atoms with E-state index in [9.17, 15) is 4.39 Å². The van der Waals surface area contributed by atoms with Crippen molar-refractivity contribution in [1.29, 1.82) is 0 Å². The quantitative estimate of drug-likeness (QED) is 0.784. The molecule has 0 aliphatic rings. The molecule has 0 unspecified atom stereocenters. The summed E-state index contributed by atoms with van der Waals surface area (Å²) in [5.74, 6) is 0.163. The molecular formula is C15H17ClFNOS. The van der Waals surface area contributed by atoms with Crippen LogP contribution in [-0.4, -0.2) is 4.98 Å². The van der Waals surface area contributed by atoms with Gasteiger partial charge in [-0.2, -0.15) is 4.39 Å². The van der Waals surface area contributed by atoms with Crippen molar-refractivity contribution in [3.05, 3.63) is 44.6 Å². The van der Waals surface area contributed by atoms with Gasteiger partial charge < -0.3 is 4.74 Å². The van der Waals surface area contributed by atoms with Crippen LogP contribution < -0.4 is 4.74 Å². The van der Waals surface area contributed by atoms with E-state index in [-0.39, 0.29) is 12.0 Å². The molecule has 0 amide bonds. The Morgan fingerprint density at radius 2 is 2.05 bits per heavy atom.